The van der Waals surface area contributed by atoms with Crippen LogP contribution in [0.15, 0.2) is 11.6 Å². The number of nitrogens with zero attached hydrogens (tertiary/aromatic N) is 1. The number of carbonyl (C=O) groups is 1. The molecule has 2 atom stereocenters. The fraction of sp³-hybridized carbons (Fsp3) is 0.636. The van der Waals surface area contributed by atoms with Gasteiger partial charge in [0, 0.05) is 24.0 Å². The molecule has 0 aromatic carbocycles. The van der Waals surface area contributed by atoms with Crippen molar-refractivity contribution in [3.8, 4) is 0 Å². The van der Waals surface area contributed by atoms with Gasteiger partial charge < -0.3 is 11.1 Å². The van der Waals surface area contributed by atoms with Crippen molar-refractivity contribution < 1.29 is 4.79 Å². The van der Waals surface area contributed by atoms with Crippen LogP contribution >= 0.6 is 11.3 Å². The number of rotatable bonds is 6. The maximum atomic E-state index is 11.6. The maximum absolute atomic E-state index is 11.6. The molecular formula is C11H19N3OS. The summed E-state index contributed by atoms with van der Waals surface area (Å²) in [5.74, 6) is 0.0550. The van der Waals surface area contributed by atoms with Gasteiger partial charge >= 0.3 is 0 Å². The Hall–Kier alpha value is -0.940. The van der Waals surface area contributed by atoms with E-state index in [1.807, 2.05) is 19.2 Å². The van der Waals surface area contributed by atoms with Gasteiger partial charge in [0.25, 0.3) is 0 Å². The number of thiazole rings is 1. The van der Waals surface area contributed by atoms with Crippen molar-refractivity contribution in [1.29, 1.82) is 0 Å². The molecule has 0 radical (unpaired) electrons. The lowest BCUT2D eigenvalue weighted by Crippen LogP contribution is -2.29. The van der Waals surface area contributed by atoms with Crippen molar-refractivity contribution in [2.75, 3.05) is 0 Å². The van der Waals surface area contributed by atoms with Gasteiger partial charge in [-0.05, 0) is 19.8 Å². The van der Waals surface area contributed by atoms with Crippen LogP contribution in [0.3, 0.4) is 0 Å². The molecule has 0 bridgehead atoms. The van der Waals surface area contributed by atoms with Crippen molar-refractivity contribution in [1.82, 2.24) is 10.3 Å². The van der Waals surface area contributed by atoms with E-state index < -0.39 is 0 Å². The molecule has 0 aliphatic rings. The zero-order valence-corrected chi connectivity index (χ0v) is 10.6. The highest BCUT2D eigenvalue weighted by atomic mass is 32.1. The van der Waals surface area contributed by atoms with E-state index in [0.717, 1.165) is 17.8 Å². The van der Waals surface area contributed by atoms with Crippen LogP contribution in [0.1, 0.15) is 44.2 Å². The zero-order chi connectivity index (χ0) is 12.0. The molecule has 16 heavy (non-hydrogen) atoms. The first-order valence-electron chi connectivity index (χ1n) is 5.57. The van der Waals surface area contributed by atoms with Gasteiger partial charge in [0.1, 0.15) is 5.01 Å². The highest BCUT2D eigenvalue weighted by Crippen LogP contribution is 2.18. The first-order chi connectivity index (χ1) is 7.63. The van der Waals surface area contributed by atoms with E-state index in [-0.39, 0.29) is 18.0 Å². The van der Waals surface area contributed by atoms with E-state index in [2.05, 4.69) is 10.3 Å². The van der Waals surface area contributed by atoms with Crippen LogP contribution in [-0.2, 0) is 4.79 Å². The fourth-order valence-corrected chi connectivity index (χ4v) is 2.14. The Morgan fingerprint density at radius 2 is 2.44 bits per heavy atom. The highest BCUT2D eigenvalue weighted by molar-refractivity contribution is 7.09. The Balaban J connectivity index is 2.42. The second kappa shape index (κ2) is 6.60. The van der Waals surface area contributed by atoms with Crippen molar-refractivity contribution in [3.63, 3.8) is 0 Å². The van der Waals surface area contributed by atoms with E-state index in [4.69, 9.17) is 5.73 Å². The fourth-order valence-electron chi connectivity index (χ4n) is 1.37. The van der Waals surface area contributed by atoms with E-state index in [9.17, 15) is 4.79 Å². The van der Waals surface area contributed by atoms with Gasteiger partial charge in [-0.2, -0.15) is 0 Å². The molecule has 2 unspecified atom stereocenters. The van der Waals surface area contributed by atoms with Gasteiger partial charge in [-0.3, -0.25) is 4.79 Å². The summed E-state index contributed by atoms with van der Waals surface area (Å²) in [4.78, 5) is 15.8. The van der Waals surface area contributed by atoms with E-state index in [0.29, 0.717) is 6.42 Å². The predicted molar refractivity (Wildman–Crippen MR) is 66.2 cm³/mol. The highest BCUT2D eigenvalue weighted by Gasteiger charge is 2.14. The Morgan fingerprint density at radius 1 is 1.69 bits per heavy atom. The van der Waals surface area contributed by atoms with Crippen LogP contribution in [0.5, 0.6) is 0 Å². The van der Waals surface area contributed by atoms with Crippen LogP contribution < -0.4 is 11.1 Å². The number of carbonyl (C=O) groups excluding carboxylic acids is 1. The van der Waals surface area contributed by atoms with Gasteiger partial charge in [0.15, 0.2) is 0 Å². The number of nitrogens with one attached hydrogen (secondary N) is 1. The molecule has 0 aliphatic carbocycles. The van der Waals surface area contributed by atoms with Crippen LogP contribution in [0.4, 0.5) is 0 Å². The minimum atomic E-state index is 0.0422. The molecule has 0 fully saturated rings. The Kier molecular flexibility index (Phi) is 5.42. The average molecular weight is 241 g/mol. The Bertz CT molecular complexity index is 311. The molecule has 1 heterocycles. The first-order valence-corrected chi connectivity index (χ1v) is 6.45. The molecule has 1 aromatic heterocycles. The summed E-state index contributed by atoms with van der Waals surface area (Å²) in [6.45, 7) is 3.95. The van der Waals surface area contributed by atoms with Crippen molar-refractivity contribution in [2.24, 2.45) is 5.73 Å². The van der Waals surface area contributed by atoms with E-state index in [1.165, 1.54) is 0 Å². The molecule has 0 spiro atoms. The second-order valence-corrected chi connectivity index (χ2v) is 4.84. The summed E-state index contributed by atoms with van der Waals surface area (Å²) < 4.78 is 0. The largest absolute Gasteiger partial charge is 0.347 e. The van der Waals surface area contributed by atoms with Gasteiger partial charge in [0.05, 0.1) is 6.04 Å². The van der Waals surface area contributed by atoms with Crippen LogP contribution in [0.25, 0.3) is 0 Å². The van der Waals surface area contributed by atoms with Gasteiger partial charge in [-0.15, -0.1) is 11.3 Å². The molecule has 0 saturated carbocycles. The van der Waals surface area contributed by atoms with Crippen molar-refractivity contribution >= 4 is 17.2 Å². The number of aromatic nitrogens is 1. The van der Waals surface area contributed by atoms with Gasteiger partial charge in [-0.1, -0.05) is 6.92 Å². The topological polar surface area (TPSA) is 68.0 Å². The molecule has 5 heteroatoms. The number of hydrogen-bond donors (Lipinski definition) is 2. The molecular weight excluding hydrogens is 222 g/mol. The third-order valence-corrected chi connectivity index (χ3v) is 3.21. The SMILES string of the molecule is CCC(NC(=O)CCC(C)N)c1nccs1. The molecule has 0 aliphatic heterocycles. The summed E-state index contributed by atoms with van der Waals surface area (Å²) in [5, 5.41) is 5.87. The summed E-state index contributed by atoms with van der Waals surface area (Å²) >= 11 is 1.57. The van der Waals surface area contributed by atoms with Crippen LogP contribution in [-0.4, -0.2) is 16.9 Å². The number of nitrogens with two attached hydrogens (primary N) is 1. The molecule has 90 valence electrons. The lowest BCUT2D eigenvalue weighted by molar-refractivity contribution is -0.122. The maximum Gasteiger partial charge on any atom is 0.220 e. The summed E-state index contributed by atoms with van der Waals surface area (Å²) in [5.41, 5.74) is 5.61. The molecule has 1 rings (SSSR count). The average Bonchev–Trinajstić information content (AvgIpc) is 2.76. The summed E-state index contributed by atoms with van der Waals surface area (Å²) in [6, 6.07) is 0.117. The second-order valence-electron chi connectivity index (χ2n) is 3.91. The molecule has 1 aromatic rings. The first kappa shape index (κ1) is 13.1. The normalized spacial score (nSPS) is 14.4. The van der Waals surface area contributed by atoms with Crippen LogP contribution in [0, 0.1) is 0 Å². The third-order valence-electron chi connectivity index (χ3n) is 2.32. The van der Waals surface area contributed by atoms with E-state index in [1.54, 1.807) is 17.5 Å². The van der Waals surface area contributed by atoms with Crippen molar-refractivity contribution in [3.05, 3.63) is 16.6 Å². The molecule has 1 amide bonds. The third kappa shape index (κ3) is 4.28. The molecule has 4 nitrogen and oxygen atoms in total. The molecule has 0 saturated heterocycles. The Morgan fingerprint density at radius 3 is 2.94 bits per heavy atom. The standard InChI is InChI=1S/C11H19N3OS/c1-3-9(11-13-6-7-16-11)14-10(15)5-4-8(2)12/h6-9H,3-5,12H2,1-2H3,(H,14,15). The minimum absolute atomic E-state index is 0.0422. The minimum Gasteiger partial charge on any atom is -0.347 e. The van der Waals surface area contributed by atoms with Crippen LogP contribution in [0.2, 0.25) is 0 Å². The predicted octanol–water partition coefficient (Wildman–Crippen LogP) is 1.84. The number of amides is 1. The summed E-state index contributed by atoms with van der Waals surface area (Å²) in [7, 11) is 0. The van der Waals surface area contributed by atoms with Gasteiger partial charge in [-0.25, -0.2) is 4.98 Å². The monoisotopic (exact) mass is 241 g/mol. The van der Waals surface area contributed by atoms with Crippen molar-refractivity contribution in [2.45, 2.75) is 45.2 Å². The Labute approximate surface area is 100 Å². The smallest absolute Gasteiger partial charge is 0.220 e. The summed E-state index contributed by atoms with van der Waals surface area (Å²) in [6.07, 6.45) is 3.83. The van der Waals surface area contributed by atoms with Gasteiger partial charge in [0.2, 0.25) is 5.91 Å². The zero-order valence-electron chi connectivity index (χ0n) is 9.77. The number of hydrogen-bond acceptors (Lipinski definition) is 4. The van der Waals surface area contributed by atoms with E-state index >= 15 is 0 Å². The molecule has 3 N–H and O–H groups in total. The lowest BCUT2D eigenvalue weighted by Gasteiger charge is -2.14. The lowest BCUT2D eigenvalue weighted by atomic mass is 10.1. The quantitative estimate of drug-likeness (QED) is 0.798.